The van der Waals surface area contributed by atoms with Gasteiger partial charge in [-0.15, -0.1) is 0 Å². The lowest BCUT2D eigenvalue weighted by Crippen LogP contribution is -2.51. The molecule has 1 fully saturated rings. The molecular formula is C21H25N3O3S. The SMILES string of the molecule is NS(=O)(=O)c1ccc(C(=O)N2CCC[C@H](N3CCc4ccccc4C3)C2)cc1. The van der Waals surface area contributed by atoms with Crippen LogP contribution in [0, 0.1) is 0 Å². The molecule has 28 heavy (non-hydrogen) atoms. The van der Waals surface area contributed by atoms with Crippen LogP contribution in [0.5, 0.6) is 0 Å². The molecule has 1 atom stereocenters. The minimum Gasteiger partial charge on any atom is -0.337 e. The molecule has 0 spiro atoms. The number of primary sulfonamides is 1. The van der Waals surface area contributed by atoms with Crippen LogP contribution in [-0.2, 0) is 23.0 Å². The first-order chi connectivity index (χ1) is 13.4. The van der Waals surface area contributed by atoms with E-state index in [1.807, 2.05) is 4.90 Å². The summed E-state index contributed by atoms with van der Waals surface area (Å²) in [4.78, 5) is 17.3. The molecule has 0 unspecified atom stereocenters. The van der Waals surface area contributed by atoms with Crippen LogP contribution in [0.2, 0.25) is 0 Å². The van der Waals surface area contributed by atoms with Gasteiger partial charge in [-0.25, -0.2) is 13.6 Å². The molecule has 1 amide bonds. The Morgan fingerprint density at radius 1 is 1.00 bits per heavy atom. The predicted molar refractivity (Wildman–Crippen MR) is 107 cm³/mol. The summed E-state index contributed by atoms with van der Waals surface area (Å²) in [6.07, 6.45) is 3.12. The molecule has 2 N–H and O–H groups in total. The summed E-state index contributed by atoms with van der Waals surface area (Å²) < 4.78 is 22.8. The first-order valence-electron chi connectivity index (χ1n) is 9.65. The molecule has 6 nitrogen and oxygen atoms in total. The second-order valence-corrected chi connectivity index (χ2v) is 9.17. The Hall–Kier alpha value is -2.22. The van der Waals surface area contributed by atoms with Crippen LogP contribution in [0.3, 0.4) is 0 Å². The highest BCUT2D eigenvalue weighted by Gasteiger charge is 2.30. The maximum Gasteiger partial charge on any atom is 0.253 e. The zero-order chi connectivity index (χ0) is 19.7. The van der Waals surface area contributed by atoms with Crippen molar-refractivity contribution >= 4 is 15.9 Å². The van der Waals surface area contributed by atoms with Gasteiger partial charge >= 0.3 is 0 Å². The number of sulfonamides is 1. The molecule has 2 heterocycles. The van der Waals surface area contributed by atoms with Crippen molar-refractivity contribution in [1.82, 2.24) is 9.80 Å². The standard InChI is InChI=1S/C21H25N3O3S/c22-28(26,27)20-9-7-17(8-10-20)21(25)24-12-3-6-19(15-24)23-13-11-16-4-1-2-5-18(16)14-23/h1-2,4-5,7-10,19H,3,6,11-15H2,(H2,22,26,27)/t19-/m0/s1. The van der Waals surface area contributed by atoms with Gasteiger partial charge in [-0.1, -0.05) is 24.3 Å². The number of amides is 1. The highest BCUT2D eigenvalue weighted by Crippen LogP contribution is 2.25. The molecule has 0 bridgehead atoms. The number of benzene rings is 2. The minimum atomic E-state index is -3.75. The van der Waals surface area contributed by atoms with Gasteiger partial charge in [0, 0.05) is 37.8 Å². The summed E-state index contributed by atoms with van der Waals surface area (Å²) in [7, 11) is -3.75. The quantitative estimate of drug-likeness (QED) is 0.856. The molecule has 7 heteroatoms. The van der Waals surface area contributed by atoms with Gasteiger partial charge in [-0.2, -0.15) is 0 Å². The number of rotatable bonds is 3. The van der Waals surface area contributed by atoms with E-state index in [1.54, 1.807) is 12.1 Å². The maximum absolute atomic E-state index is 12.9. The molecule has 0 aromatic heterocycles. The monoisotopic (exact) mass is 399 g/mol. The van der Waals surface area contributed by atoms with Crippen LogP contribution in [0.25, 0.3) is 0 Å². The van der Waals surface area contributed by atoms with E-state index >= 15 is 0 Å². The predicted octanol–water partition coefficient (Wildman–Crippen LogP) is 2.00. The minimum absolute atomic E-state index is 0.0209. The fraction of sp³-hybridized carbons (Fsp3) is 0.381. The van der Waals surface area contributed by atoms with Crippen molar-refractivity contribution in [3.8, 4) is 0 Å². The van der Waals surface area contributed by atoms with Crippen LogP contribution < -0.4 is 5.14 Å². The van der Waals surface area contributed by atoms with Crippen LogP contribution in [0.1, 0.15) is 34.3 Å². The Labute approximate surface area is 166 Å². The molecule has 2 aromatic carbocycles. The number of nitrogens with two attached hydrogens (primary N) is 1. The Bertz CT molecular complexity index is 973. The average Bonchev–Trinajstić information content (AvgIpc) is 2.72. The number of carbonyl (C=O) groups is 1. The van der Waals surface area contributed by atoms with Gasteiger partial charge in [-0.3, -0.25) is 9.69 Å². The average molecular weight is 400 g/mol. The summed E-state index contributed by atoms with van der Waals surface area (Å²) in [5, 5.41) is 5.13. The van der Waals surface area contributed by atoms with Gasteiger partial charge in [0.1, 0.15) is 0 Å². The van der Waals surface area contributed by atoms with Crippen molar-refractivity contribution in [3.63, 3.8) is 0 Å². The first-order valence-corrected chi connectivity index (χ1v) is 11.2. The lowest BCUT2D eigenvalue weighted by Gasteiger charge is -2.41. The third-order valence-corrected chi connectivity index (χ3v) is 6.72. The van der Waals surface area contributed by atoms with Crippen LogP contribution in [0.15, 0.2) is 53.4 Å². The fourth-order valence-electron chi connectivity index (χ4n) is 4.24. The molecule has 148 valence electrons. The molecule has 4 rings (SSSR count). The van der Waals surface area contributed by atoms with E-state index < -0.39 is 10.0 Å². The number of piperidine rings is 1. The zero-order valence-electron chi connectivity index (χ0n) is 15.8. The Kier molecular flexibility index (Phi) is 5.23. The van der Waals surface area contributed by atoms with Crippen molar-refractivity contribution in [2.45, 2.75) is 36.7 Å². The normalized spacial score (nSPS) is 20.6. The van der Waals surface area contributed by atoms with Crippen molar-refractivity contribution in [3.05, 3.63) is 65.2 Å². The summed E-state index contributed by atoms with van der Waals surface area (Å²) in [5.74, 6) is -0.0527. The number of fused-ring (bicyclic) bond motifs is 1. The summed E-state index contributed by atoms with van der Waals surface area (Å²) in [6, 6.07) is 14.8. The summed E-state index contributed by atoms with van der Waals surface area (Å²) in [6.45, 7) is 3.40. The third-order valence-electron chi connectivity index (χ3n) is 5.79. The van der Waals surface area contributed by atoms with Crippen molar-refractivity contribution in [2.24, 2.45) is 5.14 Å². The van der Waals surface area contributed by atoms with E-state index in [9.17, 15) is 13.2 Å². The van der Waals surface area contributed by atoms with Crippen molar-refractivity contribution in [2.75, 3.05) is 19.6 Å². The van der Waals surface area contributed by atoms with Crippen LogP contribution in [0.4, 0.5) is 0 Å². The molecule has 2 aliphatic heterocycles. The second kappa shape index (κ2) is 7.66. The molecule has 0 aliphatic carbocycles. The topological polar surface area (TPSA) is 83.7 Å². The van der Waals surface area contributed by atoms with Crippen LogP contribution >= 0.6 is 0 Å². The molecule has 2 aromatic rings. The molecular weight excluding hydrogens is 374 g/mol. The lowest BCUT2D eigenvalue weighted by molar-refractivity contribution is 0.0549. The van der Waals surface area contributed by atoms with Gasteiger partial charge < -0.3 is 4.90 Å². The highest BCUT2D eigenvalue weighted by atomic mass is 32.2. The third kappa shape index (κ3) is 3.97. The van der Waals surface area contributed by atoms with Gasteiger partial charge in [0.25, 0.3) is 5.91 Å². The number of likely N-dealkylation sites (tertiary alicyclic amines) is 1. The maximum atomic E-state index is 12.9. The number of nitrogens with zero attached hydrogens (tertiary/aromatic N) is 2. The first kappa shape index (κ1) is 19.1. The van der Waals surface area contributed by atoms with E-state index in [0.29, 0.717) is 18.2 Å². The number of hydrogen-bond donors (Lipinski definition) is 1. The molecule has 2 aliphatic rings. The van der Waals surface area contributed by atoms with E-state index in [0.717, 1.165) is 38.9 Å². The van der Waals surface area contributed by atoms with Crippen molar-refractivity contribution in [1.29, 1.82) is 0 Å². The fourth-order valence-corrected chi connectivity index (χ4v) is 4.75. The van der Waals surface area contributed by atoms with E-state index in [2.05, 4.69) is 29.2 Å². The lowest BCUT2D eigenvalue weighted by atomic mass is 9.96. The number of carbonyl (C=O) groups excluding carboxylic acids is 1. The van der Waals surface area contributed by atoms with Gasteiger partial charge in [-0.05, 0) is 54.7 Å². The van der Waals surface area contributed by atoms with Crippen molar-refractivity contribution < 1.29 is 13.2 Å². The zero-order valence-corrected chi connectivity index (χ0v) is 16.6. The largest absolute Gasteiger partial charge is 0.337 e. The molecule has 0 radical (unpaired) electrons. The Morgan fingerprint density at radius 3 is 2.43 bits per heavy atom. The van der Waals surface area contributed by atoms with E-state index in [1.165, 1.54) is 23.3 Å². The smallest absolute Gasteiger partial charge is 0.253 e. The summed E-state index contributed by atoms with van der Waals surface area (Å²) >= 11 is 0. The Balaban J connectivity index is 1.44. The van der Waals surface area contributed by atoms with Gasteiger partial charge in [0.15, 0.2) is 0 Å². The van der Waals surface area contributed by atoms with Crippen LogP contribution in [-0.4, -0.2) is 49.8 Å². The van der Waals surface area contributed by atoms with E-state index in [-0.39, 0.29) is 10.8 Å². The Morgan fingerprint density at radius 2 is 1.71 bits per heavy atom. The van der Waals surface area contributed by atoms with Gasteiger partial charge in [0.2, 0.25) is 10.0 Å². The van der Waals surface area contributed by atoms with E-state index in [4.69, 9.17) is 5.14 Å². The highest BCUT2D eigenvalue weighted by molar-refractivity contribution is 7.89. The second-order valence-electron chi connectivity index (χ2n) is 7.61. The molecule has 0 saturated carbocycles. The number of hydrogen-bond acceptors (Lipinski definition) is 4. The molecule has 1 saturated heterocycles. The summed E-state index contributed by atoms with van der Waals surface area (Å²) in [5.41, 5.74) is 3.31. The van der Waals surface area contributed by atoms with Gasteiger partial charge in [0.05, 0.1) is 4.90 Å².